The average Bonchev–Trinajstić information content (AvgIpc) is 3.28. The second kappa shape index (κ2) is 11.3. The van der Waals surface area contributed by atoms with E-state index in [0.717, 1.165) is 0 Å². The topological polar surface area (TPSA) is 126 Å². The van der Waals surface area contributed by atoms with E-state index in [0.29, 0.717) is 28.6 Å². The van der Waals surface area contributed by atoms with Gasteiger partial charge in [0.1, 0.15) is 11.4 Å². The number of hydrogen-bond acceptors (Lipinski definition) is 8. The molecule has 2 N–H and O–H groups in total. The molecule has 0 saturated carbocycles. The maximum absolute atomic E-state index is 13.0. The van der Waals surface area contributed by atoms with E-state index in [4.69, 9.17) is 14.2 Å². The second-order valence-electron chi connectivity index (χ2n) is 6.95. The average molecular weight is 472 g/mol. The third-order valence-electron chi connectivity index (χ3n) is 4.75. The Morgan fingerprint density at radius 3 is 2.67 bits per heavy atom. The Balaban J connectivity index is 1.90. The van der Waals surface area contributed by atoms with Crippen LogP contribution in [0.5, 0.6) is 17.2 Å². The number of para-hydroxylation sites is 1. The number of hydrogen-bond donors (Lipinski definition) is 2. The fourth-order valence-corrected chi connectivity index (χ4v) is 3.54. The summed E-state index contributed by atoms with van der Waals surface area (Å²) in [5.74, 6) is -0.887. The first kappa shape index (κ1) is 24.0. The minimum atomic E-state index is -1.41. The summed E-state index contributed by atoms with van der Waals surface area (Å²) in [5, 5.41) is 16.5. The van der Waals surface area contributed by atoms with Crippen LogP contribution in [-0.2, 0) is 9.59 Å². The zero-order valence-corrected chi connectivity index (χ0v) is 18.9. The van der Waals surface area contributed by atoms with Crippen LogP contribution < -0.4 is 30.0 Å². The first-order valence-electron chi connectivity index (χ1n) is 9.99. The quantitative estimate of drug-likeness (QED) is 0.495. The number of methoxy groups -OCH3 is 1. The standard InChI is InChI=1S/C23H24N2O7S/c1-30-18-6-4-3-5-15(18)21(26)25-17(22(27)24-16(23(28)29)9-10-33-2)11-14-7-8-19-20(12-14)32-13-31-19/h3-8,11-12,16H,9-10,13H2,1-2H3,(H,24,27)(H,25,26)(H,28,29)/p-1/b17-11+/t16-/m0/s1. The molecule has 9 nitrogen and oxygen atoms in total. The van der Waals surface area contributed by atoms with Gasteiger partial charge in [0, 0.05) is 0 Å². The zero-order valence-electron chi connectivity index (χ0n) is 18.1. The molecule has 0 aromatic heterocycles. The van der Waals surface area contributed by atoms with Crippen LogP contribution in [0.4, 0.5) is 0 Å². The van der Waals surface area contributed by atoms with Crippen molar-refractivity contribution in [2.24, 2.45) is 0 Å². The van der Waals surface area contributed by atoms with Gasteiger partial charge < -0.3 is 34.7 Å². The van der Waals surface area contributed by atoms with Crippen molar-refractivity contribution < 1.29 is 33.7 Å². The Kier molecular flexibility index (Phi) is 8.20. The van der Waals surface area contributed by atoms with Crippen molar-refractivity contribution in [3.05, 3.63) is 59.3 Å². The predicted molar refractivity (Wildman–Crippen MR) is 121 cm³/mol. The van der Waals surface area contributed by atoms with Gasteiger partial charge in [0.15, 0.2) is 11.5 Å². The molecule has 0 bridgehead atoms. The number of rotatable bonds is 10. The lowest BCUT2D eigenvalue weighted by molar-refractivity contribution is -0.308. The van der Waals surface area contributed by atoms with Crippen molar-refractivity contribution in [1.82, 2.24) is 10.6 Å². The minimum Gasteiger partial charge on any atom is -0.548 e. The third-order valence-corrected chi connectivity index (χ3v) is 5.40. The summed E-state index contributed by atoms with van der Waals surface area (Å²) in [5.41, 5.74) is 0.599. The number of thioether (sulfide) groups is 1. The number of ether oxygens (including phenoxy) is 3. The Hall–Kier alpha value is -3.66. The molecule has 1 aliphatic rings. The van der Waals surface area contributed by atoms with Crippen LogP contribution in [-0.4, -0.2) is 49.7 Å². The van der Waals surface area contributed by atoms with Crippen LogP contribution in [0.1, 0.15) is 22.3 Å². The van der Waals surface area contributed by atoms with Gasteiger partial charge in [0.25, 0.3) is 11.8 Å². The van der Waals surface area contributed by atoms with Crippen molar-refractivity contribution in [3.63, 3.8) is 0 Å². The van der Waals surface area contributed by atoms with Gasteiger partial charge in [-0.1, -0.05) is 18.2 Å². The summed E-state index contributed by atoms with van der Waals surface area (Å²) in [7, 11) is 1.43. The summed E-state index contributed by atoms with van der Waals surface area (Å²) < 4.78 is 15.9. The van der Waals surface area contributed by atoms with Gasteiger partial charge >= 0.3 is 0 Å². The number of carbonyl (C=O) groups excluding carboxylic acids is 3. The maximum atomic E-state index is 13.0. The Morgan fingerprint density at radius 1 is 1.18 bits per heavy atom. The van der Waals surface area contributed by atoms with Crippen molar-refractivity contribution in [1.29, 1.82) is 0 Å². The highest BCUT2D eigenvalue weighted by molar-refractivity contribution is 7.98. The summed E-state index contributed by atoms with van der Waals surface area (Å²) in [4.78, 5) is 37.4. The van der Waals surface area contributed by atoms with Gasteiger partial charge in [-0.05, 0) is 54.3 Å². The molecule has 174 valence electrons. The van der Waals surface area contributed by atoms with Crippen LogP contribution in [0.3, 0.4) is 0 Å². The Morgan fingerprint density at radius 2 is 1.94 bits per heavy atom. The lowest BCUT2D eigenvalue weighted by atomic mass is 10.1. The second-order valence-corrected chi connectivity index (χ2v) is 7.94. The summed E-state index contributed by atoms with van der Waals surface area (Å²) in [6.45, 7) is 0.0864. The predicted octanol–water partition coefficient (Wildman–Crippen LogP) is 1.18. The van der Waals surface area contributed by atoms with Gasteiger partial charge in [0.2, 0.25) is 6.79 Å². The van der Waals surface area contributed by atoms with E-state index in [1.807, 2.05) is 6.26 Å². The molecule has 0 unspecified atom stereocenters. The van der Waals surface area contributed by atoms with E-state index in [1.54, 1.807) is 42.5 Å². The van der Waals surface area contributed by atoms with Crippen molar-refractivity contribution in [3.8, 4) is 17.2 Å². The summed E-state index contributed by atoms with van der Waals surface area (Å²) in [6, 6.07) is 10.3. The molecule has 1 aliphatic heterocycles. The highest BCUT2D eigenvalue weighted by atomic mass is 32.2. The number of carboxylic acids is 1. The van der Waals surface area contributed by atoms with Gasteiger partial charge in [-0.2, -0.15) is 11.8 Å². The molecule has 1 heterocycles. The van der Waals surface area contributed by atoms with Crippen molar-refractivity contribution >= 4 is 35.6 Å². The number of carbonyl (C=O) groups is 3. The van der Waals surface area contributed by atoms with E-state index in [2.05, 4.69) is 10.6 Å². The van der Waals surface area contributed by atoms with Crippen LogP contribution in [0.15, 0.2) is 48.2 Å². The fraction of sp³-hybridized carbons (Fsp3) is 0.261. The number of carboxylic acid groups (broad SMARTS) is 1. The fourth-order valence-electron chi connectivity index (χ4n) is 3.07. The first-order chi connectivity index (χ1) is 15.9. The van der Waals surface area contributed by atoms with Crippen LogP contribution >= 0.6 is 11.8 Å². The van der Waals surface area contributed by atoms with E-state index in [-0.39, 0.29) is 24.5 Å². The Bertz CT molecular complexity index is 1070. The highest BCUT2D eigenvalue weighted by Gasteiger charge is 2.21. The molecule has 10 heteroatoms. The lowest BCUT2D eigenvalue weighted by Crippen LogP contribution is -2.50. The van der Waals surface area contributed by atoms with E-state index < -0.39 is 23.8 Å². The molecule has 1 atom stereocenters. The molecular formula is C23H23N2O7S-. The largest absolute Gasteiger partial charge is 0.548 e. The molecule has 0 radical (unpaired) electrons. The normalized spacial score (nSPS) is 13.2. The molecular weight excluding hydrogens is 448 g/mol. The van der Waals surface area contributed by atoms with Crippen LogP contribution in [0, 0.1) is 0 Å². The number of benzene rings is 2. The maximum Gasteiger partial charge on any atom is 0.268 e. The van der Waals surface area contributed by atoms with Gasteiger partial charge in [-0.3, -0.25) is 9.59 Å². The summed E-state index contributed by atoms with van der Waals surface area (Å²) >= 11 is 1.44. The minimum absolute atomic E-state index is 0.0864. The van der Waals surface area contributed by atoms with Crippen LogP contribution in [0.2, 0.25) is 0 Å². The van der Waals surface area contributed by atoms with Crippen molar-refractivity contribution in [2.75, 3.05) is 25.9 Å². The van der Waals surface area contributed by atoms with Crippen LogP contribution in [0.25, 0.3) is 6.08 Å². The molecule has 0 fully saturated rings. The number of fused-ring (bicyclic) bond motifs is 1. The summed E-state index contributed by atoms with van der Waals surface area (Å²) in [6.07, 6.45) is 3.42. The highest BCUT2D eigenvalue weighted by Crippen LogP contribution is 2.33. The van der Waals surface area contributed by atoms with E-state index in [1.165, 1.54) is 24.9 Å². The molecule has 33 heavy (non-hydrogen) atoms. The first-order valence-corrected chi connectivity index (χ1v) is 11.4. The molecule has 0 saturated heterocycles. The van der Waals surface area contributed by atoms with Gasteiger partial charge in [-0.25, -0.2) is 0 Å². The number of amides is 2. The monoisotopic (exact) mass is 471 g/mol. The number of aliphatic carboxylic acids is 1. The molecule has 0 aliphatic carbocycles. The van der Waals surface area contributed by atoms with E-state index in [9.17, 15) is 19.5 Å². The molecule has 2 aromatic rings. The van der Waals surface area contributed by atoms with Gasteiger partial charge in [0.05, 0.1) is 24.7 Å². The third kappa shape index (κ3) is 6.19. The zero-order chi connectivity index (χ0) is 23.8. The van der Waals surface area contributed by atoms with Gasteiger partial charge in [-0.15, -0.1) is 0 Å². The molecule has 0 spiro atoms. The molecule has 2 amide bonds. The lowest BCUT2D eigenvalue weighted by Gasteiger charge is -2.20. The number of nitrogens with one attached hydrogen (secondary N) is 2. The molecule has 3 rings (SSSR count). The SMILES string of the molecule is COc1ccccc1C(=O)N/C(=C/c1ccc2c(c1)OCO2)C(=O)N[C@@H](CCSC)C(=O)[O-]. The molecule has 2 aromatic carbocycles. The Labute approximate surface area is 195 Å². The van der Waals surface area contributed by atoms with Crippen molar-refractivity contribution in [2.45, 2.75) is 12.5 Å². The smallest absolute Gasteiger partial charge is 0.268 e. The van der Waals surface area contributed by atoms with E-state index >= 15 is 0 Å².